The highest BCUT2D eigenvalue weighted by Gasteiger charge is 2.14. The van der Waals surface area contributed by atoms with Gasteiger partial charge in [0.1, 0.15) is 11.3 Å². The van der Waals surface area contributed by atoms with Crippen molar-refractivity contribution in [2.24, 2.45) is 5.73 Å². The molecule has 0 saturated heterocycles. The number of hydrogen-bond donors (Lipinski definition) is 1. The van der Waals surface area contributed by atoms with Crippen molar-refractivity contribution in [1.82, 2.24) is 15.0 Å². The number of halogens is 1. The summed E-state index contributed by atoms with van der Waals surface area (Å²) in [7, 11) is 0. The van der Waals surface area contributed by atoms with Crippen LogP contribution in [0, 0.1) is 5.82 Å². The highest BCUT2D eigenvalue weighted by atomic mass is 19.1. The number of para-hydroxylation sites is 1. The Balaban J connectivity index is 2.21. The summed E-state index contributed by atoms with van der Waals surface area (Å²) in [5.74, 6) is -0.264. The van der Waals surface area contributed by atoms with Gasteiger partial charge in [-0.3, -0.25) is 0 Å². The smallest absolute Gasteiger partial charge is 0.128 e. The van der Waals surface area contributed by atoms with Crippen LogP contribution in [-0.4, -0.2) is 21.0 Å². The molecular weight excluding hydrogens is 255 g/mol. The molecule has 4 nitrogen and oxygen atoms in total. The topological polar surface area (TPSA) is 56.7 Å². The first kappa shape index (κ1) is 12.7. The van der Waals surface area contributed by atoms with Gasteiger partial charge in [-0.05, 0) is 37.6 Å². The SMILES string of the molecule is CC(N)Cc1c(F)cccc1-n1nnc2ccccc21. The van der Waals surface area contributed by atoms with Gasteiger partial charge in [-0.25, -0.2) is 9.07 Å². The van der Waals surface area contributed by atoms with Crippen molar-refractivity contribution in [2.75, 3.05) is 0 Å². The highest BCUT2D eigenvalue weighted by molar-refractivity contribution is 5.76. The molecule has 2 aromatic carbocycles. The summed E-state index contributed by atoms with van der Waals surface area (Å²) in [6.07, 6.45) is 0.455. The standard InChI is InChI=1S/C15H15FN4/c1-10(17)9-11-12(16)5-4-8-14(11)20-15-7-3-2-6-13(15)18-19-20/h2-8,10H,9,17H2,1H3. The second-order valence-electron chi connectivity index (χ2n) is 4.91. The van der Waals surface area contributed by atoms with Gasteiger partial charge in [-0.2, -0.15) is 0 Å². The molecule has 0 bridgehead atoms. The van der Waals surface area contributed by atoms with Gasteiger partial charge >= 0.3 is 0 Å². The van der Waals surface area contributed by atoms with E-state index in [1.165, 1.54) is 6.07 Å². The molecule has 0 fully saturated rings. The van der Waals surface area contributed by atoms with E-state index < -0.39 is 0 Å². The zero-order chi connectivity index (χ0) is 14.1. The molecule has 0 aliphatic carbocycles. The minimum Gasteiger partial charge on any atom is -0.328 e. The van der Waals surface area contributed by atoms with E-state index in [9.17, 15) is 4.39 Å². The molecule has 0 aliphatic heterocycles. The molecule has 0 radical (unpaired) electrons. The molecule has 1 atom stereocenters. The molecular formula is C15H15FN4. The Morgan fingerprint density at radius 1 is 1.20 bits per heavy atom. The fraction of sp³-hybridized carbons (Fsp3) is 0.200. The lowest BCUT2D eigenvalue weighted by atomic mass is 10.0. The third-order valence-electron chi connectivity index (χ3n) is 3.20. The molecule has 0 aliphatic rings. The third kappa shape index (κ3) is 2.16. The maximum Gasteiger partial charge on any atom is 0.128 e. The van der Waals surface area contributed by atoms with Crippen molar-refractivity contribution < 1.29 is 4.39 Å². The first-order valence-corrected chi connectivity index (χ1v) is 6.50. The van der Waals surface area contributed by atoms with Gasteiger partial charge in [0.15, 0.2) is 0 Å². The van der Waals surface area contributed by atoms with Crippen LogP contribution >= 0.6 is 0 Å². The number of benzene rings is 2. The van der Waals surface area contributed by atoms with Crippen LogP contribution in [0.25, 0.3) is 16.7 Å². The summed E-state index contributed by atoms with van der Waals surface area (Å²) in [4.78, 5) is 0. The van der Waals surface area contributed by atoms with Crippen LogP contribution in [-0.2, 0) is 6.42 Å². The Morgan fingerprint density at radius 3 is 2.80 bits per heavy atom. The molecule has 20 heavy (non-hydrogen) atoms. The normalized spacial score (nSPS) is 12.8. The van der Waals surface area contributed by atoms with E-state index in [1.54, 1.807) is 10.7 Å². The van der Waals surface area contributed by atoms with Gasteiger partial charge in [-0.1, -0.05) is 23.4 Å². The second-order valence-corrected chi connectivity index (χ2v) is 4.91. The van der Waals surface area contributed by atoms with E-state index in [4.69, 9.17) is 5.73 Å². The summed E-state index contributed by atoms with van der Waals surface area (Å²) >= 11 is 0. The molecule has 0 spiro atoms. The van der Waals surface area contributed by atoms with E-state index in [-0.39, 0.29) is 11.9 Å². The fourth-order valence-electron chi connectivity index (χ4n) is 2.32. The van der Waals surface area contributed by atoms with Crippen LogP contribution < -0.4 is 5.73 Å². The zero-order valence-corrected chi connectivity index (χ0v) is 11.1. The monoisotopic (exact) mass is 270 g/mol. The summed E-state index contributed by atoms with van der Waals surface area (Å²) < 4.78 is 15.7. The highest BCUT2D eigenvalue weighted by Crippen LogP contribution is 2.22. The number of aromatic nitrogens is 3. The van der Waals surface area contributed by atoms with E-state index in [0.717, 1.165) is 11.0 Å². The van der Waals surface area contributed by atoms with E-state index in [2.05, 4.69) is 10.3 Å². The van der Waals surface area contributed by atoms with Gasteiger partial charge in [0.25, 0.3) is 0 Å². The minimum absolute atomic E-state index is 0.125. The largest absolute Gasteiger partial charge is 0.328 e. The number of nitrogens with zero attached hydrogens (tertiary/aromatic N) is 3. The van der Waals surface area contributed by atoms with E-state index in [0.29, 0.717) is 17.7 Å². The average molecular weight is 270 g/mol. The van der Waals surface area contributed by atoms with Gasteiger partial charge in [0, 0.05) is 11.6 Å². The van der Waals surface area contributed by atoms with Crippen molar-refractivity contribution in [3.05, 3.63) is 53.8 Å². The predicted molar refractivity (Wildman–Crippen MR) is 76.2 cm³/mol. The van der Waals surface area contributed by atoms with Gasteiger partial charge in [0.2, 0.25) is 0 Å². The Kier molecular flexibility index (Phi) is 3.20. The molecule has 1 aromatic heterocycles. The first-order chi connectivity index (χ1) is 9.66. The summed E-state index contributed by atoms with van der Waals surface area (Å²) in [6.45, 7) is 1.86. The number of rotatable bonds is 3. The van der Waals surface area contributed by atoms with Crippen LogP contribution in [0.1, 0.15) is 12.5 Å². The number of hydrogen-bond acceptors (Lipinski definition) is 3. The molecule has 3 aromatic rings. The lowest BCUT2D eigenvalue weighted by Gasteiger charge is -2.12. The van der Waals surface area contributed by atoms with E-state index in [1.807, 2.05) is 37.3 Å². The average Bonchev–Trinajstić information content (AvgIpc) is 2.84. The van der Waals surface area contributed by atoms with Crippen molar-refractivity contribution >= 4 is 11.0 Å². The first-order valence-electron chi connectivity index (χ1n) is 6.50. The van der Waals surface area contributed by atoms with Crippen molar-refractivity contribution in [1.29, 1.82) is 0 Å². The summed E-state index contributed by atoms with van der Waals surface area (Å²) in [5, 5.41) is 8.24. The molecule has 1 unspecified atom stereocenters. The number of fused-ring (bicyclic) bond motifs is 1. The Labute approximate surface area is 116 Å². The summed E-state index contributed by atoms with van der Waals surface area (Å²) in [5.41, 5.74) is 8.71. The van der Waals surface area contributed by atoms with Crippen molar-refractivity contribution in [3.63, 3.8) is 0 Å². The predicted octanol–water partition coefficient (Wildman–Crippen LogP) is 2.45. The molecule has 0 saturated carbocycles. The van der Waals surface area contributed by atoms with Crippen LogP contribution in [0.2, 0.25) is 0 Å². The quantitative estimate of drug-likeness (QED) is 0.795. The van der Waals surface area contributed by atoms with Crippen molar-refractivity contribution in [3.8, 4) is 5.69 Å². The van der Waals surface area contributed by atoms with Crippen LogP contribution in [0.5, 0.6) is 0 Å². The van der Waals surface area contributed by atoms with Crippen molar-refractivity contribution in [2.45, 2.75) is 19.4 Å². The molecule has 1 heterocycles. The Morgan fingerprint density at radius 2 is 2.00 bits per heavy atom. The minimum atomic E-state index is -0.264. The Hall–Kier alpha value is -2.27. The zero-order valence-electron chi connectivity index (χ0n) is 11.1. The van der Waals surface area contributed by atoms with Gasteiger partial charge < -0.3 is 5.73 Å². The maximum absolute atomic E-state index is 14.1. The summed E-state index contributed by atoms with van der Waals surface area (Å²) in [6, 6.07) is 12.4. The van der Waals surface area contributed by atoms with Crippen LogP contribution in [0.15, 0.2) is 42.5 Å². The Bertz CT molecular complexity index is 748. The third-order valence-corrected chi connectivity index (χ3v) is 3.20. The lowest BCUT2D eigenvalue weighted by Crippen LogP contribution is -2.20. The molecule has 3 rings (SSSR count). The van der Waals surface area contributed by atoms with Crippen LogP contribution in [0.3, 0.4) is 0 Å². The maximum atomic E-state index is 14.1. The second kappa shape index (κ2) is 5.02. The molecule has 2 N–H and O–H groups in total. The van der Waals surface area contributed by atoms with Gasteiger partial charge in [-0.15, -0.1) is 5.10 Å². The van der Waals surface area contributed by atoms with Crippen LogP contribution in [0.4, 0.5) is 4.39 Å². The van der Waals surface area contributed by atoms with Gasteiger partial charge in [0.05, 0.1) is 11.2 Å². The molecule has 5 heteroatoms. The number of nitrogens with two attached hydrogens (primary N) is 1. The lowest BCUT2D eigenvalue weighted by molar-refractivity contribution is 0.591. The fourth-order valence-corrected chi connectivity index (χ4v) is 2.32. The molecule has 0 amide bonds. The molecule has 102 valence electrons. The van der Waals surface area contributed by atoms with E-state index >= 15 is 0 Å².